The molecule has 7 aromatic rings. The first-order valence-electron chi connectivity index (χ1n) is 18.6. The van der Waals surface area contributed by atoms with Gasteiger partial charge < -0.3 is 28.2 Å². The van der Waals surface area contributed by atoms with Gasteiger partial charge in [0.25, 0.3) is 0 Å². The first-order valence-corrected chi connectivity index (χ1v) is 24.3. The molecule has 0 saturated heterocycles. The van der Waals surface area contributed by atoms with Crippen LogP contribution in [0.5, 0.6) is 0 Å². The van der Waals surface area contributed by atoms with E-state index in [0.717, 1.165) is 0 Å². The summed E-state index contributed by atoms with van der Waals surface area (Å²) >= 11 is 0. The molecule has 2 aliphatic heterocycles. The van der Waals surface area contributed by atoms with E-state index in [9.17, 15) is 51.9 Å². The number of hydrogen-bond acceptors (Lipinski definition) is 14. The molecule has 326 valence electrons. The van der Waals surface area contributed by atoms with E-state index in [4.69, 9.17) is 9.97 Å². The van der Waals surface area contributed by atoms with E-state index in [2.05, 4.69) is 9.97 Å². The first kappa shape index (κ1) is 45.2. The van der Waals surface area contributed by atoms with Crippen molar-refractivity contribution in [2.24, 2.45) is 0 Å². The normalized spacial score (nSPS) is 12.9. The van der Waals surface area contributed by atoms with Gasteiger partial charge in [-0.15, -0.1) is 0 Å². The fourth-order valence-electron chi connectivity index (χ4n) is 7.57. The van der Waals surface area contributed by atoms with E-state index < -0.39 is 60.1 Å². The van der Waals surface area contributed by atoms with Crippen LogP contribution in [0.15, 0.2) is 141 Å². The van der Waals surface area contributed by atoms with Crippen molar-refractivity contribution < 1.29 is 69.0 Å². The Balaban J connectivity index is 0.00000576. The standard InChI is InChI=1S/C44H30N4O12S4.Fe/c49-61(50,51)29-9-1-25(2-10-29)41-33-17-19-35(45-33)42(26-3-11-30(12-4-26)62(52,53)54)37-21-23-39(47-37)44(28-7-15-32(16-8-28)64(58,59)60)40-24-22-38(48-40)43(36-20-18-34(41)46-36)27-5-13-31(14-6-27)63(55,56)57;/h1-24,45,48H,(H,49,50,51)(H,52,53,54)(H,55,56,57)(H,58,59,60);/q;+4/p-4. The zero-order valence-corrected chi connectivity index (χ0v) is 37.0. The van der Waals surface area contributed by atoms with Gasteiger partial charge >= 0.3 is 17.1 Å². The van der Waals surface area contributed by atoms with Crippen LogP contribution in [0.2, 0.25) is 0 Å². The maximum Gasteiger partial charge on any atom is 4.00 e. The third-order valence-corrected chi connectivity index (χ3v) is 13.9. The van der Waals surface area contributed by atoms with E-state index in [1.807, 2.05) is 0 Å². The van der Waals surface area contributed by atoms with Gasteiger partial charge in [-0.05, 0) is 119 Å². The summed E-state index contributed by atoms with van der Waals surface area (Å²) in [7, 11) is -19.2. The second kappa shape index (κ2) is 16.6. The van der Waals surface area contributed by atoms with Crippen LogP contribution in [0, 0.1) is 0 Å². The van der Waals surface area contributed by atoms with Crippen LogP contribution in [0.1, 0.15) is 22.8 Å². The van der Waals surface area contributed by atoms with Gasteiger partial charge in [-0.25, -0.2) is 43.6 Å². The number of aromatic amines is 2. The molecule has 0 amide bonds. The van der Waals surface area contributed by atoms with E-state index in [-0.39, 0.29) is 17.1 Å². The van der Waals surface area contributed by atoms with Gasteiger partial charge in [0.1, 0.15) is 40.5 Å². The minimum atomic E-state index is -4.81. The van der Waals surface area contributed by atoms with Crippen LogP contribution >= 0.6 is 0 Å². The number of hydrogen-bond donors (Lipinski definition) is 2. The minimum Gasteiger partial charge on any atom is -0.744 e. The van der Waals surface area contributed by atoms with Gasteiger partial charge in [-0.3, -0.25) is 0 Å². The first-order chi connectivity index (χ1) is 30.2. The van der Waals surface area contributed by atoms with Gasteiger partial charge in [-0.1, -0.05) is 48.5 Å². The fourth-order valence-corrected chi connectivity index (χ4v) is 9.45. The Kier molecular flexibility index (Phi) is 11.5. The van der Waals surface area contributed by atoms with E-state index in [1.54, 1.807) is 48.6 Å². The Hall–Kier alpha value is -6.36. The van der Waals surface area contributed by atoms with Crippen LogP contribution in [-0.4, -0.2) is 71.8 Å². The summed E-state index contributed by atoms with van der Waals surface area (Å²) in [5, 5.41) is 0. The molecule has 0 unspecified atom stereocenters. The SMILES string of the molecule is O=S(=O)([O-])c1ccc(-c2c3nc(c(-c4ccc(S(=O)(=O)[O-])cc4)c4ccc([nH]4)c(-c4ccc(S(=O)(=O)[O-])cc4)c4nc(c(-c5ccc(S(=O)(=O)[O-])cc5)c5ccc2[nH]5)C=C4)C=C3)cc1.[Fe+4]. The van der Waals surface area contributed by atoms with Gasteiger partial charge in [0.2, 0.25) is 0 Å². The average molecular weight is 987 g/mol. The Morgan fingerprint density at radius 1 is 0.308 bits per heavy atom. The molecule has 2 aliphatic rings. The van der Waals surface area contributed by atoms with Crippen molar-refractivity contribution in [3.63, 3.8) is 0 Å². The number of nitrogens with one attached hydrogen (secondary N) is 2. The smallest absolute Gasteiger partial charge is 0.744 e. The molecule has 3 aromatic heterocycles. The molecule has 21 heteroatoms. The molecule has 0 saturated carbocycles. The van der Waals surface area contributed by atoms with Crippen LogP contribution in [0.25, 0.3) is 90.9 Å². The average Bonchev–Trinajstić information content (AvgIpc) is 4.08. The number of aromatic nitrogens is 4. The topological polar surface area (TPSA) is 286 Å². The summed E-state index contributed by atoms with van der Waals surface area (Å²) in [6.45, 7) is 0. The summed E-state index contributed by atoms with van der Waals surface area (Å²) in [4.78, 5) is 15.0. The van der Waals surface area contributed by atoms with Crippen molar-refractivity contribution in [1.82, 2.24) is 19.9 Å². The molecule has 16 nitrogen and oxygen atoms in total. The summed E-state index contributed by atoms with van der Waals surface area (Å²) < 4.78 is 143. The maximum absolute atomic E-state index is 11.9. The molecule has 2 N–H and O–H groups in total. The minimum absolute atomic E-state index is 0. The summed E-state index contributed by atoms with van der Waals surface area (Å²) in [5.74, 6) is 0. The number of nitrogens with zero attached hydrogens (tertiary/aromatic N) is 2. The summed E-state index contributed by atoms with van der Waals surface area (Å²) in [6.07, 6.45) is 6.79. The van der Waals surface area contributed by atoms with Crippen molar-refractivity contribution in [3.05, 3.63) is 144 Å². The van der Waals surface area contributed by atoms with Crippen LogP contribution < -0.4 is 0 Å². The van der Waals surface area contributed by atoms with Gasteiger partial charge in [0.05, 0.1) is 42.4 Å². The van der Waals surface area contributed by atoms with Gasteiger partial charge in [-0.2, -0.15) is 0 Å². The second-order valence-corrected chi connectivity index (χ2v) is 19.9. The van der Waals surface area contributed by atoms with Crippen LogP contribution in [0.3, 0.4) is 0 Å². The molecule has 4 aromatic carbocycles. The molecular weight excluding hydrogens is 961 g/mol. The Morgan fingerprint density at radius 2 is 0.492 bits per heavy atom. The molecule has 8 bridgehead atoms. The number of H-pyrrole nitrogens is 2. The van der Waals surface area contributed by atoms with E-state index in [1.165, 1.54) is 97.1 Å². The summed E-state index contributed by atoms with van der Waals surface area (Å²) in [5.41, 5.74) is 6.76. The largest absolute Gasteiger partial charge is 4.00 e. The molecule has 0 aliphatic carbocycles. The third kappa shape index (κ3) is 8.89. The Labute approximate surface area is 381 Å². The third-order valence-electron chi connectivity index (χ3n) is 10.5. The van der Waals surface area contributed by atoms with Crippen LogP contribution in [0.4, 0.5) is 0 Å². The van der Waals surface area contributed by atoms with Gasteiger partial charge in [0.15, 0.2) is 0 Å². The molecule has 0 fully saturated rings. The fraction of sp³-hybridized carbons (Fsp3) is 0. The molecule has 0 spiro atoms. The molecule has 5 heterocycles. The van der Waals surface area contributed by atoms with Gasteiger partial charge in [0, 0.05) is 44.3 Å². The van der Waals surface area contributed by atoms with E-state index in [0.29, 0.717) is 89.4 Å². The number of benzene rings is 4. The zero-order valence-electron chi connectivity index (χ0n) is 32.6. The predicted molar refractivity (Wildman–Crippen MR) is 232 cm³/mol. The molecule has 0 atom stereocenters. The molecule has 0 radical (unpaired) electrons. The Bertz CT molecular complexity index is 3300. The predicted octanol–water partition coefficient (Wildman–Crippen LogP) is 6.94. The summed E-state index contributed by atoms with van der Waals surface area (Å²) in [6, 6.07) is 27.8. The molecule has 9 rings (SSSR count). The van der Waals surface area contributed by atoms with Crippen molar-refractivity contribution in [2.45, 2.75) is 19.6 Å². The second-order valence-electron chi connectivity index (χ2n) is 14.4. The van der Waals surface area contributed by atoms with Crippen molar-refractivity contribution >= 4 is 86.8 Å². The Morgan fingerprint density at radius 3 is 0.662 bits per heavy atom. The monoisotopic (exact) mass is 986 g/mol. The number of fused-ring (bicyclic) bond motifs is 8. The van der Waals surface area contributed by atoms with Crippen molar-refractivity contribution in [3.8, 4) is 44.5 Å². The zero-order chi connectivity index (χ0) is 45.3. The van der Waals surface area contributed by atoms with E-state index >= 15 is 0 Å². The molecular formula is C44H26FeN4O12S4. The van der Waals surface area contributed by atoms with Crippen LogP contribution in [-0.2, 0) is 57.5 Å². The maximum atomic E-state index is 11.9. The molecule has 65 heavy (non-hydrogen) atoms. The van der Waals surface area contributed by atoms with Crippen molar-refractivity contribution in [1.29, 1.82) is 0 Å². The quantitative estimate of drug-likeness (QED) is 0.115. The number of rotatable bonds is 8. The van der Waals surface area contributed by atoms with Crippen molar-refractivity contribution in [2.75, 3.05) is 0 Å².